The number of ether oxygens (including phenoxy) is 2. The van der Waals surface area contributed by atoms with Crippen LogP contribution in [0.2, 0.25) is 0 Å². The molecule has 0 N–H and O–H groups in total. The lowest BCUT2D eigenvalue weighted by atomic mass is 10.1. The Morgan fingerprint density at radius 2 is 0.761 bits per heavy atom. The molecule has 0 rings (SSSR count). The minimum atomic E-state index is 0. The van der Waals surface area contributed by atoms with Crippen molar-refractivity contribution in [2.75, 3.05) is 47.5 Å². The van der Waals surface area contributed by atoms with E-state index in [1.165, 1.54) is 180 Å². The SMILES string of the molecule is CCCCCCCC/C=C\CCCCCCCCOC[C@H](C[N+](C)(C)C)OCCCCCCCC/C=C\CCCCCCCC.[Cl-]. The molecule has 4 heteroatoms. The highest BCUT2D eigenvalue weighted by molar-refractivity contribution is 4.82. The first-order chi connectivity index (χ1) is 22.0. The number of quaternary nitrogens is 1. The third-order valence-corrected chi connectivity index (χ3v) is 8.87. The molecule has 0 aliphatic rings. The second-order valence-corrected chi connectivity index (χ2v) is 14.9. The van der Waals surface area contributed by atoms with Crippen LogP contribution < -0.4 is 12.4 Å². The van der Waals surface area contributed by atoms with Crippen LogP contribution in [0.1, 0.15) is 194 Å². The van der Waals surface area contributed by atoms with Gasteiger partial charge < -0.3 is 26.4 Å². The van der Waals surface area contributed by atoms with E-state index in [9.17, 15) is 0 Å². The molecule has 0 aromatic heterocycles. The number of hydrogen-bond donors (Lipinski definition) is 0. The number of hydrogen-bond acceptors (Lipinski definition) is 2. The number of unbranched alkanes of at least 4 members (excludes halogenated alkanes) is 24. The Balaban J connectivity index is 0. The fourth-order valence-corrected chi connectivity index (χ4v) is 6.03. The van der Waals surface area contributed by atoms with E-state index in [1.807, 2.05) is 0 Å². The van der Waals surface area contributed by atoms with Crippen molar-refractivity contribution in [2.45, 2.75) is 200 Å². The number of halogens is 1. The summed E-state index contributed by atoms with van der Waals surface area (Å²) in [6.45, 7) is 8.10. The lowest BCUT2D eigenvalue weighted by Crippen LogP contribution is -3.00. The number of rotatable bonds is 37. The first-order valence-electron chi connectivity index (χ1n) is 20.3. The molecular formula is C42H84ClNO2. The summed E-state index contributed by atoms with van der Waals surface area (Å²) in [7, 11) is 6.77. The largest absolute Gasteiger partial charge is 1.00 e. The van der Waals surface area contributed by atoms with Crippen LogP contribution in [0.4, 0.5) is 0 Å². The van der Waals surface area contributed by atoms with Gasteiger partial charge in [0.05, 0.1) is 27.7 Å². The molecule has 0 unspecified atom stereocenters. The first-order valence-corrected chi connectivity index (χ1v) is 20.3. The maximum Gasteiger partial charge on any atom is 0.130 e. The van der Waals surface area contributed by atoms with E-state index < -0.39 is 0 Å². The van der Waals surface area contributed by atoms with Crippen molar-refractivity contribution in [3.8, 4) is 0 Å². The number of likely N-dealkylation sites (N-methyl/N-ethyl adjacent to an activating group) is 1. The lowest BCUT2D eigenvalue weighted by molar-refractivity contribution is -0.873. The molecule has 1 atom stereocenters. The monoisotopic (exact) mass is 670 g/mol. The summed E-state index contributed by atoms with van der Waals surface area (Å²) in [5, 5.41) is 0. The van der Waals surface area contributed by atoms with Gasteiger partial charge in [0, 0.05) is 13.2 Å². The van der Waals surface area contributed by atoms with Gasteiger partial charge in [0.2, 0.25) is 0 Å². The quantitative estimate of drug-likeness (QED) is 0.0372. The van der Waals surface area contributed by atoms with Gasteiger partial charge >= 0.3 is 0 Å². The molecule has 0 fully saturated rings. The highest BCUT2D eigenvalue weighted by Crippen LogP contribution is 2.12. The second-order valence-electron chi connectivity index (χ2n) is 14.9. The van der Waals surface area contributed by atoms with Gasteiger partial charge in [-0.05, 0) is 64.2 Å². The molecule has 0 aliphatic carbocycles. The fourth-order valence-electron chi connectivity index (χ4n) is 6.03. The second kappa shape index (κ2) is 39.1. The molecule has 0 bridgehead atoms. The highest BCUT2D eigenvalue weighted by atomic mass is 35.5. The minimum absolute atomic E-state index is 0. The van der Waals surface area contributed by atoms with Gasteiger partial charge in [-0.1, -0.05) is 154 Å². The summed E-state index contributed by atoms with van der Waals surface area (Å²) in [4.78, 5) is 0. The zero-order valence-corrected chi connectivity index (χ0v) is 32.9. The van der Waals surface area contributed by atoms with Crippen LogP contribution in [-0.2, 0) is 9.47 Å². The Labute approximate surface area is 297 Å². The lowest BCUT2D eigenvalue weighted by Gasteiger charge is -2.29. The van der Waals surface area contributed by atoms with E-state index in [2.05, 4.69) is 59.3 Å². The minimum Gasteiger partial charge on any atom is -1.00 e. The van der Waals surface area contributed by atoms with Crippen LogP contribution in [0.25, 0.3) is 0 Å². The van der Waals surface area contributed by atoms with Crippen molar-refractivity contribution in [3.05, 3.63) is 24.3 Å². The van der Waals surface area contributed by atoms with E-state index >= 15 is 0 Å². The Morgan fingerprint density at radius 1 is 0.435 bits per heavy atom. The maximum atomic E-state index is 6.32. The van der Waals surface area contributed by atoms with Crippen molar-refractivity contribution in [3.63, 3.8) is 0 Å². The Hall–Kier alpha value is -0.350. The van der Waals surface area contributed by atoms with E-state index in [0.717, 1.165) is 30.8 Å². The molecular weight excluding hydrogens is 586 g/mol. The van der Waals surface area contributed by atoms with Crippen LogP contribution in [0.15, 0.2) is 24.3 Å². The summed E-state index contributed by atoms with van der Waals surface area (Å²) in [6, 6.07) is 0. The van der Waals surface area contributed by atoms with Crippen LogP contribution in [0.5, 0.6) is 0 Å². The highest BCUT2D eigenvalue weighted by Gasteiger charge is 2.19. The molecule has 276 valence electrons. The molecule has 0 saturated heterocycles. The average molecular weight is 671 g/mol. The molecule has 0 saturated carbocycles. The van der Waals surface area contributed by atoms with Crippen LogP contribution in [0.3, 0.4) is 0 Å². The van der Waals surface area contributed by atoms with Crippen LogP contribution >= 0.6 is 0 Å². The molecule has 0 amide bonds. The zero-order chi connectivity index (χ0) is 32.9. The third kappa shape index (κ3) is 41.7. The number of nitrogens with zero attached hydrogens (tertiary/aromatic N) is 1. The van der Waals surface area contributed by atoms with Gasteiger partial charge in [-0.2, -0.15) is 0 Å². The van der Waals surface area contributed by atoms with Crippen molar-refractivity contribution in [1.29, 1.82) is 0 Å². The van der Waals surface area contributed by atoms with Gasteiger partial charge in [-0.15, -0.1) is 0 Å². The van der Waals surface area contributed by atoms with Gasteiger partial charge in [-0.3, -0.25) is 0 Å². The summed E-state index contributed by atoms with van der Waals surface area (Å²) in [5.41, 5.74) is 0. The number of allylic oxidation sites excluding steroid dienone is 4. The summed E-state index contributed by atoms with van der Waals surface area (Å²) in [6.07, 6.45) is 47.6. The molecule has 0 aliphatic heterocycles. The van der Waals surface area contributed by atoms with Gasteiger partial charge in [0.1, 0.15) is 12.6 Å². The first kappa shape index (κ1) is 47.8. The maximum absolute atomic E-state index is 6.32. The molecule has 0 aromatic carbocycles. The Bertz CT molecular complexity index is 615. The summed E-state index contributed by atoms with van der Waals surface area (Å²) >= 11 is 0. The third-order valence-electron chi connectivity index (χ3n) is 8.87. The van der Waals surface area contributed by atoms with Crippen LogP contribution in [-0.4, -0.2) is 58.1 Å². The van der Waals surface area contributed by atoms with E-state index in [-0.39, 0.29) is 18.5 Å². The molecule has 0 spiro atoms. The van der Waals surface area contributed by atoms with Crippen molar-refractivity contribution < 1.29 is 26.4 Å². The average Bonchev–Trinajstić information content (AvgIpc) is 3.01. The predicted octanol–water partition coefficient (Wildman–Crippen LogP) is 10.2. The topological polar surface area (TPSA) is 18.5 Å². The Morgan fingerprint density at radius 3 is 1.13 bits per heavy atom. The van der Waals surface area contributed by atoms with E-state index in [4.69, 9.17) is 9.47 Å². The molecule has 0 heterocycles. The predicted molar refractivity (Wildman–Crippen MR) is 202 cm³/mol. The van der Waals surface area contributed by atoms with Crippen molar-refractivity contribution in [2.24, 2.45) is 0 Å². The molecule has 46 heavy (non-hydrogen) atoms. The Kier molecular flexibility index (Phi) is 40.6. The molecule has 0 radical (unpaired) electrons. The van der Waals surface area contributed by atoms with E-state index in [1.54, 1.807) is 0 Å². The smallest absolute Gasteiger partial charge is 0.130 e. The van der Waals surface area contributed by atoms with Gasteiger partial charge in [0.15, 0.2) is 0 Å². The summed E-state index contributed by atoms with van der Waals surface area (Å²) < 4.78 is 13.3. The standard InChI is InChI=1S/C42H84NO2.ClH/c1-6-8-10-12-14-16-18-20-22-24-26-28-30-32-34-36-38-44-41-42(40-43(3,4)5)45-39-37-35-33-31-29-27-25-23-21-19-17-15-13-11-9-7-2;/h20-23,42H,6-19,24-41H2,1-5H3;1H/q+1;/p-1/b22-20-,23-21-;/t42-;/m0./s1. The fraction of sp³-hybridized carbons (Fsp3) is 0.905. The molecule has 3 nitrogen and oxygen atoms in total. The van der Waals surface area contributed by atoms with Gasteiger partial charge in [-0.25, -0.2) is 0 Å². The van der Waals surface area contributed by atoms with Crippen molar-refractivity contribution in [1.82, 2.24) is 0 Å². The van der Waals surface area contributed by atoms with Crippen molar-refractivity contribution >= 4 is 0 Å². The zero-order valence-electron chi connectivity index (χ0n) is 32.2. The van der Waals surface area contributed by atoms with E-state index in [0.29, 0.717) is 0 Å². The van der Waals surface area contributed by atoms with Crippen LogP contribution in [0, 0.1) is 0 Å². The normalized spacial score (nSPS) is 12.8. The molecule has 0 aromatic rings. The summed E-state index contributed by atoms with van der Waals surface area (Å²) in [5.74, 6) is 0. The van der Waals surface area contributed by atoms with Gasteiger partial charge in [0.25, 0.3) is 0 Å².